The van der Waals surface area contributed by atoms with Gasteiger partial charge >= 0.3 is 0 Å². The monoisotopic (exact) mass is 558 g/mol. The molecule has 39 heavy (non-hydrogen) atoms. The fraction of sp³-hybridized carbons (Fsp3) is 0.250. The van der Waals surface area contributed by atoms with Gasteiger partial charge in [-0.05, 0) is 91.0 Å². The van der Waals surface area contributed by atoms with Crippen LogP contribution in [0.3, 0.4) is 0 Å². The lowest BCUT2D eigenvalue weighted by Crippen LogP contribution is -2.48. The molecule has 0 N–H and O–H groups in total. The van der Waals surface area contributed by atoms with Crippen molar-refractivity contribution >= 4 is 19.7 Å². The predicted molar refractivity (Wildman–Crippen MR) is 153 cm³/mol. The summed E-state index contributed by atoms with van der Waals surface area (Å²) in [7, 11) is -8.19. The van der Waals surface area contributed by atoms with Gasteiger partial charge in [0, 0.05) is 0 Å². The largest absolute Gasteiger partial charge is 0.363 e. The van der Waals surface area contributed by atoms with E-state index in [-0.39, 0.29) is 9.79 Å². The molecule has 2 bridgehead atoms. The van der Waals surface area contributed by atoms with Crippen LogP contribution in [0.15, 0.2) is 139 Å². The average molecular weight is 559 g/mol. The second-order valence-electron chi connectivity index (χ2n) is 10.7. The number of fused-ring (bicyclic) bond motifs is 6. The molecule has 0 aromatic heterocycles. The van der Waals surface area contributed by atoms with Crippen LogP contribution in [-0.4, -0.2) is 39.5 Å². The smallest absolute Gasteiger partial charge is 0.185 e. The van der Waals surface area contributed by atoms with Crippen LogP contribution in [0, 0.1) is 0 Å². The Bertz CT molecular complexity index is 1790. The molecule has 6 rings (SSSR count). The highest BCUT2D eigenvalue weighted by atomic mass is 32.2. The Labute approximate surface area is 230 Å². The zero-order valence-corrected chi connectivity index (χ0v) is 23.9. The highest BCUT2D eigenvalue weighted by Crippen LogP contribution is 2.54. The molecule has 0 radical (unpaired) electrons. The highest BCUT2D eigenvalue weighted by molar-refractivity contribution is 7.96. The zero-order chi connectivity index (χ0) is 27.7. The van der Waals surface area contributed by atoms with E-state index in [1.807, 2.05) is 32.9 Å². The zero-order valence-electron chi connectivity index (χ0n) is 22.3. The Morgan fingerprint density at radius 2 is 1.15 bits per heavy atom. The van der Waals surface area contributed by atoms with Crippen LogP contribution in [0.1, 0.15) is 27.7 Å². The van der Waals surface area contributed by atoms with Crippen LogP contribution >= 0.6 is 0 Å². The minimum atomic E-state index is -4.11. The number of hydrogen-bond acceptors (Lipinski definition) is 5. The van der Waals surface area contributed by atoms with Gasteiger partial charge in [0.25, 0.3) is 0 Å². The summed E-state index contributed by atoms with van der Waals surface area (Å²) >= 11 is 0. The molecule has 2 aliphatic carbocycles. The lowest BCUT2D eigenvalue weighted by Gasteiger charge is -2.31. The van der Waals surface area contributed by atoms with Gasteiger partial charge in [-0.1, -0.05) is 66.3 Å². The second-order valence-corrected chi connectivity index (χ2v) is 14.9. The SMILES string of the molecule is CC1=CC(C)=C2C(=C(C)C=CC3=C2[C@@H]2O[C@H]3[C@@H](S(=O)(=O)c3ccccc3)[C@H]2S(=O)(=O)c2ccccc2)C(C)=C1. The molecule has 4 aliphatic rings. The van der Waals surface area contributed by atoms with E-state index in [2.05, 4.69) is 19.1 Å². The molecular weight excluding hydrogens is 528 g/mol. The van der Waals surface area contributed by atoms with Crippen molar-refractivity contribution in [3.8, 4) is 0 Å². The third-order valence-corrected chi connectivity index (χ3v) is 12.6. The van der Waals surface area contributed by atoms with Gasteiger partial charge in [0.2, 0.25) is 0 Å². The third kappa shape index (κ3) is 3.90. The highest BCUT2D eigenvalue weighted by Gasteiger charge is 2.63. The summed E-state index contributed by atoms with van der Waals surface area (Å²) in [5, 5.41) is -2.60. The van der Waals surface area contributed by atoms with Gasteiger partial charge in [-0.3, -0.25) is 0 Å². The summed E-state index contributed by atoms with van der Waals surface area (Å²) in [5.41, 5.74) is 7.72. The molecule has 2 aliphatic heterocycles. The molecule has 2 heterocycles. The van der Waals surface area contributed by atoms with Crippen molar-refractivity contribution in [2.75, 3.05) is 0 Å². The van der Waals surface area contributed by atoms with Gasteiger partial charge < -0.3 is 4.74 Å². The van der Waals surface area contributed by atoms with Crippen LogP contribution < -0.4 is 0 Å². The van der Waals surface area contributed by atoms with E-state index in [0.29, 0.717) is 0 Å². The van der Waals surface area contributed by atoms with Gasteiger partial charge in [0.05, 0.1) is 9.79 Å². The molecule has 0 saturated carbocycles. The standard InChI is InChI=1S/C32H30O5S2/c1-19-17-21(3)26-20(2)15-16-25-28(27(26)22(4)18-19)30-32(39(35,36)24-13-9-6-10-14-24)31(29(25)37-30)38(33,34)23-11-7-5-8-12-23/h5-18,29-32H,1-4H3/t29-,30+,31-,32+/m1/s1. The first kappa shape index (κ1) is 26.0. The quantitative estimate of drug-likeness (QED) is 0.470. The van der Waals surface area contributed by atoms with E-state index < -0.39 is 42.4 Å². The van der Waals surface area contributed by atoms with Gasteiger partial charge in [0.15, 0.2) is 19.7 Å². The van der Waals surface area contributed by atoms with Crippen molar-refractivity contribution in [2.24, 2.45) is 0 Å². The lowest BCUT2D eigenvalue weighted by molar-refractivity contribution is 0.115. The normalized spacial score (nSPS) is 26.7. The molecule has 200 valence electrons. The van der Waals surface area contributed by atoms with Gasteiger partial charge in [-0.25, -0.2) is 16.8 Å². The molecule has 2 aromatic rings. The van der Waals surface area contributed by atoms with E-state index in [1.165, 1.54) is 24.3 Å². The summed E-state index contributed by atoms with van der Waals surface area (Å²) < 4.78 is 63.5. The maximum Gasteiger partial charge on any atom is 0.185 e. The average Bonchev–Trinajstić information content (AvgIpc) is 3.39. The van der Waals surface area contributed by atoms with Crippen molar-refractivity contribution < 1.29 is 21.6 Å². The molecule has 0 amide bonds. The van der Waals surface area contributed by atoms with Crippen LogP contribution in [0.25, 0.3) is 0 Å². The first-order chi connectivity index (χ1) is 18.5. The maximum atomic E-state index is 14.3. The number of ether oxygens (including phenoxy) is 1. The van der Waals surface area contributed by atoms with Crippen LogP contribution in [0.2, 0.25) is 0 Å². The molecule has 1 saturated heterocycles. The van der Waals surface area contributed by atoms with Crippen molar-refractivity contribution in [1.82, 2.24) is 0 Å². The van der Waals surface area contributed by atoms with Crippen molar-refractivity contribution in [3.05, 3.63) is 130 Å². The summed E-state index contributed by atoms with van der Waals surface area (Å²) in [6.07, 6.45) is 6.30. The predicted octanol–water partition coefficient (Wildman–Crippen LogP) is 5.86. The third-order valence-electron chi connectivity index (χ3n) is 8.08. The molecule has 1 fully saturated rings. The molecule has 5 nitrogen and oxygen atoms in total. The number of benzene rings is 2. The van der Waals surface area contributed by atoms with Crippen molar-refractivity contribution in [1.29, 1.82) is 0 Å². The second kappa shape index (κ2) is 9.15. The summed E-state index contributed by atoms with van der Waals surface area (Å²) in [4.78, 5) is 0.187. The Hall–Kier alpha value is -3.26. The summed E-state index contributed by atoms with van der Waals surface area (Å²) in [6, 6.07) is 16.2. The number of hydrogen-bond donors (Lipinski definition) is 0. The minimum absolute atomic E-state index is 0.0936. The van der Waals surface area contributed by atoms with E-state index in [0.717, 1.165) is 44.6 Å². The van der Waals surface area contributed by atoms with Crippen LogP contribution in [0.4, 0.5) is 0 Å². The molecule has 4 atom stereocenters. The fourth-order valence-corrected chi connectivity index (χ4v) is 11.2. The number of rotatable bonds is 4. The molecule has 2 aromatic carbocycles. The first-order valence-electron chi connectivity index (χ1n) is 13.0. The lowest BCUT2D eigenvalue weighted by atomic mass is 9.81. The van der Waals surface area contributed by atoms with Crippen LogP contribution in [0.5, 0.6) is 0 Å². The summed E-state index contributed by atoms with van der Waals surface area (Å²) in [5.74, 6) is 0. The van der Waals surface area contributed by atoms with E-state index in [4.69, 9.17) is 4.74 Å². The van der Waals surface area contributed by atoms with E-state index in [9.17, 15) is 16.8 Å². The first-order valence-corrected chi connectivity index (χ1v) is 16.1. The van der Waals surface area contributed by atoms with Gasteiger partial charge in [-0.2, -0.15) is 0 Å². The van der Waals surface area contributed by atoms with Crippen molar-refractivity contribution in [3.63, 3.8) is 0 Å². The maximum absolute atomic E-state index is 14.3. The fourth-order valence-electron chi connectivity index (χ4n) is 6.56. The summed E-state index contributed by atoms with van der Waals surface area (Å²) in [6.45, 7) is 8.17. The Balaban J connectivity index is 1.63. The molecule has 7 heteroatoms. The molecule has 0 unspecified atom stereocenters. The van der Waals surface area contributed by atoms with Crippen molar-refractivity contribution in [2.45, 2.75) is 60.2 Å². The van der Waals surface area contributed by atoms with E-state index >= 15 is 0 Å². The Kier molecular flexibility index (Phi) is 6.10. The van der Waals surface area contributed by atoms with Gasteiger partial charge in [-0.15, -0.1) is 0 Å². The van der Waals surface area contributed by atoms with Crippen LogP contribution in [-0.2, 0) is 24.4 Å². The topological polar surface area (TPSA) is 77.5 Å². The minimum Gasteiger partial charge on any atom is -0.363 e. The number of sulfone groups is 2. The molecule has 0 spiro atoms. The number of allylic oxidation sites excluding steroid dienone is 8. The Morgan fingerprint density at radius 1 is 0.615 bits per heavy atom. The Morgan fingerprint density at radius 3 is 1.72 bits per heavy atom. The van der Waals surface area contributed by atoms with E-state index in [1.54, 1.807) is 36.4 Å². The molecular formula is C32H30O5S2. The van der Waals surface area contributed by atoms with Gasteiger partial charge in [0.1, 0.15) is 22.7 Å².